The summed E-state index contributed by atoms with van der Waals surface area (Å²) in [4.78, 5) is 23.3. The number of para-hydroxylation sites is 1. The number of anilines is 1. The van der Waals surface area contributed by atoms with Crippen molar-refractivity contribution in [3.05, 3.63) is 90.3 Å². The van der Waals surface area contributed by atoms with E-state index in [1.807, 2.05) is 24.3 Å². The first-order chi connectivity index (χ1) is 19.1. The number of amides is 2. The molecule has 4 rings (SSSR count). The van der Waals surface area contributed by atoms with E-state index in [9.17, 15) is 22.8 Å². The van der Waals surface area contributed by atoms with Gasteiger partial charge in [0.05, 0.1) is 6.20 Å². The number of carboxylic acids is 1. The molecular weight excluding hydrogens is 525 g/mol. The molecule has 0 bridgehead atoms. The molecule has 0 aliphatic rings. The van der Waals surface area contributed by atoms with Crippen molar-refractivity contribution in [1.29, 1.82) is 0 Å². The van der Waals surface area contributed by atoms with Crippen LogP contribution in [0.15, 0.2) is 79.1 Å². The van der Waals surface area contributed by atoms with Gasteiger partial charge in [0.1, 0.15) is 5.75 Å². The third-order valence-electron chi connectivity index (χ3n) is 6.03. The largest absolute Gasteiger partial charge is 0.573 e. The number of carbonyl (C=O) groups excluding carboxylic acids is 1. The molecule has 1 aromatic heterocycles. The number of alkyl halides is 3. The smallest absolute Gasteiger partial charge is 0.481 e. The number of carbonyl (C=O) groups is 2. The lowest BCUT2D eigenvalue weighted by Crippen LogP contribution is -2.28. The number of aryl methyl sites for hydroxylation is 2. The lowest BCUT2D eigenvalue weighted by atomic mass is 9.95. The summed E-state index contributed by atoms with van der Waals surface area (Å²) in [5.74, 6) is -1.17. The van der Waals surface area contributed by atoms with Crippen LogP contribution in [0.2, 0.25) is 0 Å². The predicted molar refractivity (Wildman–Crippen MR) is 144 cm³/mol. The van der Waals surface area contributed by atoms with Gasteiger partial charge in [-0.1, -0.05) is 48.5 Å². The molecule has 1 heterocycles. The topological polar surface area (TPSA) is 105 Å². The molecule has 0 saturated heterocycles. The number of halogens is 3. The first kappa shape index (κ1) is 28.2. The highest BCUT2D eigenvalue weighted by molar-refractivity contribution is 5.93. The zero-order valence-electron chi connectivity index (χ0n) is 21.5. The van der Waals surface area contributed by atoms with E-state index in [1.54, 1.807) is 48.4 Å². The number of rotatable bonds is 10. The number of urea groups is 1. The monoisotopic (exact) mass is 552 g/mol. The number of hydrogen-bond acceptors (Lipinski definition) is 4. The molecule has 0 radical (unpaired) electrons. The van der Waals surface area contributed by atoms with Crippen molar-refractivity contribution in [2.75, 3.05) is 5.32 Å². The van der Waals surface area contributed by atoms with Gasteiger partial charge in [-0.05, 0) is 53.3 Å². The van der Waals surface area contributed by atoms with Gasteiger partial charge in [-0.3, -0.25) is 9.48 Å². The summed E-state index contributed by atoms with van der Waals surface area (Å²) in [7, 11) is 1.72. The average Bonchev–Trinajstić information content (AvgIpc) is 3.34. The van der Waals surface area contributed by atoms with E-state index in [1.165, 1.54) is 18.2 Å². The number of nitrogens with zero attached hydrogens (tertiary/aromatic N) is 2. The zero-order chi connectivity index (χ0) is 28.7. The fraction of sp³-hybridized carbons (Fsp3) is 0.207. The van der Waals surface area contributed by atoms with Gasteiger partial charge >= 0.3 is 18.4 Å². The zero-order valence-corrected chi connectivity index (χ0v) is 21.5. The van der Waals surface area contributed by atoms with Crippen molar-refractivity contribution in [3.8, 4) is 28.0 Å². The second-order valence-electron chi connectivity index (χ2n) is 9.08. The Hall–Kier alpha value is -4.80. The second-order valence-corrected chi connectivity index (χ2v) is 9.08. The van der Waals surface area contributed by atoms with Crippen molar-refractivity contribution in [2.45, 2.75) is 32.2 Å². The summed E-state index contributed by atoms with van der Waals surface area (Å²) in [6.45, 7) is 0.261. The van der Waals surface area contributed by atoms with Crippen LogP contribution in [0.4, 0.5) is 23.7 Å². The van der Waals surface area contributed by atoms with Gasteiger partial charge in [-0.2, -0.15) is 5.10 Å². The third-order valence-corrected chi connectivity index (χ3v) is 6.03. The molecule has 0 aliphatic heterocycles. The molecule has 2 amide bonds. The SMILES string of the molecule is Cn1cc(-c2cc(NC(=O)NCc3ccc(CCCC(=O)O)cc3)ccc2-c2ccccc2OC(F)(F)F)cn1. The van der Waals surface area contributed by atoms with Crippen molar-refractivity contribution < 1.29 is 32.6 Å². The Kier molecular flexibility index (Phi) is 8.73. The Morgan fingerprint density at radius 1 is 0.975 bits per heavy atom. The van der Waals surface area contributed by atoms with Crippen LogP contribution in [-0.2, 0) is 24.8 Å². The Morgan fingerprint density at radius 2 is 1.70 bits per heavy atom. The summed E-state index contributed by atoms with van der Waals surface area (Å²) >= 11 is 0. The molecule has 0 atom stereocenters. The quantitative estimate of drug-likeness (QED) is 0.212. The van der Waals surface area contributed by atoms with E-state index < -0.39 is 18.4 Å². The van der Waals surface area contributed by atoms with E-state index in [-0.39, 0.29) is 24.3 Å². The standard InChI is InChI=1S/C29H27F3N4O4/c1-36-18-21(17-34-36)25-15-22(13-14-23(25)24-6-2-3-7-26(24)40-29(30,31)32)35-28(39)33-16-20-11-9-19(10-12-20)5-4-8-27(37)38/h2-3,6-7,9-15,17-18H,4-5,8,16H2,1H3,(H,37,38)(H2,33,35,39). The van der Waals surface area contributed by atoms with Crippen LogP contribution in [0.25, 0.3) is 22.3 Å². The lowest BCUT2D eigenvalue weighted by Gasteiger charge is -2.17. The maximum atomic E-state index is 13.1. The van der Waals surface area contributed by atoms with Crippen molar-refractivity contribution in [1.82, 2.24) is 15.1 Å². The summed E-state index contributed by atoms with van der Waals surface area (Å²) in [5, 5.41) is 18.5. The molecule has 11 heteroatoms. The van der Waals surface area contributed by atoms with Crippen LogP contribution in [0, 0.1) is 0 Å². The number of aliphatic carboxylic acids is 1. The van der Waals surface area contributed by atoms with E-state index in [4.69, 9.17) is 5.11 Å². The van der Waals surface area contributed by atoms with Gasteiger partial charge in [0.2, 0.25) is 0 Å². The van der Waals surface area contributed by atoms with Gasteiger partial charge in [0.25, 0.3) is 0 Å². The fourth-order valence-corrected chi connectivity index (χ4v) is 4.18. The predicted octanol–water partition coefficient (Wildman–Crippen LogP) is 6.38. The molecule has 0 unspecified atom stereocenters. The Bertz CT molecular complexity index is 1480. The van der Waals surface area contributed by atoms with Crippen LogP contribution in [0.1, 0.15) is 24.0 Å². The van der Waals surface area contributed by atoms with Crippen molar-refractivity contribution in [3.63, 3.8) is 0 Å². The maximum Gasteiger partial charge on any atom is 0.573 e. The van der Waals surface area contributed by atoms with E-state index in [0.29, 0.717) is 35.2 Å². The molecule has 3 N–H and O–H groups in total. The van der Waals surface area contributed by atoms with Gasteiger partial charge in [-0.25, -0.2) is 4.79 Å². The normalized spacial score (nSPS) is 11.2. The minimum Gasteiger partial charge on any atom is -0.481 e. The minimum absolute atomic E-state index is 0.112. The second kappa shape index (κ2) is 12.4. The Labute approximate surface area is 228 Å². The first-order valence-electron chi connectivity index (χ1n) is 12.4. The van der Waals surface area contributed by atoms with Crippen LogP contribution >= 0.6 is 0 Å². The molecule has 0 saturated carbocycles. The molecule has 4 aromatic rings. The molecule has 3 aromatic carbocycles. The summed E-state index contributed by atoms with van der Waals surface area (Å²) < 4.78 is 45.0. The molecule has 8 nitrogen and oxygen atoms in total. The molecule has 40 heavy (non-hydrogen) atoms. The number of aromatic nitrogens is 2. The van der Waals surface area contributed by atoms with E-state index in [2.05, 4.69) is 20.5 Å². The maximum absolute atomic E-state index is 13.1. The highest BCUT2D eigenvalue weighted by atomic mass is 19.4. The molecule has 0 aliphatic carbocycles. The molecule has 0 fully saturated rings. The highest BCUT2D eigenvalue weighted by Gasteiger charge is 2.32. The summed E-state index contributed by atoms with van der Waals surface area (Å²) in [6.07, 6.45) is -0.229. The van der Waals surface area contributed by atoms with Gasteiger partial charge in [-0.15, -0.1) is 13.2 Å². The van der Waals surface area contributed by atoms with Gasteiger partial charge in [0, 0.05) is 43.0 Å². The molecule has 208 valence electrons. The minimum atomic E-state index is -4.86. The molecular formula is C29H27F3N4O4. The summed E-state index contributed by atoms with van der Waals surface area (Å²) in [5.41, 5.74) is 4.23. The van der Waals surface area contributed by atoms with Crippen LogP contribution in [0.3, 0.4) is 0 Å². The van der Waals surface area contributed by atoms with Gasteiger partial charge in [0.15, 0.2) is 0 Å². The van der Waals surface area contributed by atoms with E-state index >= 15 is 0 Å². The van der Waals surface area contributed by atoms with Crippen molar-refractivity contribution in [2.24, 2.45) is 7.05 Å². The lowest BCUT2D eigenvalue weighted by molar-refractivity contribution is -0.274. The highest BCUT2D eigenvalue weighted by Crippen LogP contribution is 2.40. The number of hydrogen-bond donors (Lipinski definition) is 3. The van der Waals surface area contributed by atoms with Crippen LogP contribution < -0.4 is 15.4 Å². The third kappa shape index (κ3) is 7.85. The number of ether oxygens (including phenoxy) is 1. The Balaban J connectivity index is 1.49. The molecule has 0 spiro atoms. The first-order valence-corrected chi connectivity index (χ1v) is 12.4. The van der Waals surface area contributed by atoms with E-state index in [0.717, 1.165) is 11.1 Å². The van der Waals surface area contributed by atoms with Crippen LogP contribution in [0.5, 0.6) is 5.75 Å². The van der Waals surface area contributed by atoms with Gasteiger partial charge < -0.3 is 20.5 Å². The number of nitrogens with one attached hydrogen (secondary N) is 2. The van der Waals surface area contributed by atoms with Crippen molar-refractivity contribution >= 4 is 17.7 Å². The fourth-order valence-electron chi connectivity index (χ4n) is 4.18. The number of carboxylic acid groups (broad SMARTS) is 1. The summed E-state index contributed by atoms with van der Waals surface area (Å²) in [6, 6.07) is 17.8. The Morgan fingerprint density at radius 3 is 2.38 bits per heavy atom. The average molecular weight is 553 g/mol. The number of benzene rings is 3. The van der Waals surface area contributed by atoms with Crippen LogP contribution in [-0.4, -0.2) is 33.2 Å².